The number of nitrogens with one attached hydrogen (secondary N) is 8. The second kappa shape index (κ2) is 32.0. The Morgan fingerprint density at radius 3 is 1.25 bits per heavy atom. The first-order valence-corrected chi connectivity index (χ1v) is 41.6. The van der Waals surface area contributed by atoms with E-state index in [9.17, 15) is 93.2 Å². The summed E-state index contributed by atoms with van der Waals surface area (Å²) in [6.45, 7) is -0.762. The number of sulfonamides is 4. The molecule has 33 nitrogen and oxygen atoms in total. The van der Waals surface area contributed by atoms with E-state index in [-0.39, 0.29) is 85.5 Å². The van der Waals surface area contributed by atoms with Crippen LogP contribution in [-0.2, 0) is 56.9 Å². The van der Waals surface area contributed by atoms with E-state index in [0.29, 0.717) is 141 Å². The Bertz CT molecular complexity index is 6780. The molecule has 3 unspecified atom stereocenters. The average Bonchev–Trinajstić information content (AvgIpc) is 1.57. The summed E-state index contributed by atoms with van der Waals surface area (Å²) in [5.74, 6) is -2.01. The van der Waals surface area contributed by atoms with Gasteiger partial charge in [0.2, 0.25) is 30.1 Å². The fraction of sp³-hybridized carbons (Fsp3) is 0.123. The number of carboxylic acids is 1. The van der Waals surface area contributed by atoms with Gasteiger partial charge in [0.05, 0.1) is 60.5 Å². The van der Waals surface area contributed by atoms with Crippen LogP contribution in [0.5, 0.6) is 0 Å². The standard InChI is InChI=1S/C22H19N3O6S.C20H15N3O6S.C20H16N2O6S.C19H17N3O4S/c26-21-16-5-1-4-15-19(9-8-18(24-21)20(15)16)32(30,31)23-12-22(27)10-2-3-13-11-14(25(28)29)6-7-17(13)22;1-29-17(12-5-7-13(8-6-12)23(25)26)11-21-30(27,28)18-10-9-16-19-14(18)3-2-4-15(19)20(24)22-16;23-16(11-4-6-12(7-5-11)20(25)26)10-21-29(27,28)17-9-8-15-18-13(17)2-1-3-14(18)19(24)22-15;20-12-6-4-11(5-7-12)16(23)10-21-27(25,26)17-9-8-15-18-13(17)2-1-3-14(18)19(24)22-15/h1,4-9,11,23,27H,2-3,10,12H2,(H,24,26);2-11,21H,1H3,(H,22,24);1-9,16,21,23H,10H2,(H,22,24)(H,25,26);1-9,16,21,23H,10,20H2,(H,22,24)/b;17-11+;;. The summed E-state index contributed by atoms with van der Waals surface area (Å²) in [7, 11) is -14.5. The van der Waals surface area contributed by atoms with Gasteiger partial charge in [-0.1, -0.05) is 72.8 Å². The highest BCUT2D eigenvalue weighted by atomic mass is 32.2. The maximum atomic E-state index is 13.2. The van der Waals surface area contributed by atoms with E-state index in [1.165, 1.54) is 110 Å². The molecule has 0 bridgehead atoms. The number of carboxylic acid groups (broad SMARTS) is 1. The average molecular weight is 1670 g/mol. The van der Waals surface area contributed by atoms with Gasteiger partial charge in [-0.3, -0.25) is 44.1 Å². The number of nitrogen functional groups attached to an aromatic ring is 1. The van der Waals surface area contributed by atoms with Crippen LogP contribution in [0.4, 0.5) is 39.8 Å². The number of nitro groups is 2. The number of carbonyl (C=O) groups is 5. The van der Waals surface area contributed by atoms with Crippen molar-refractivity contribution in [2.24, 2.45) is 0 Å². The number of rotatable bonds is 22. The highest BCUT2D eigenvalue weighted by molar-refractivity contribution is 7.90. The molecule has 12 aromatic rings. The molecule has 4 heterocycles. The van der Waals surface area contributed by atoms with Gasteiger partial charge < -0.3 is 52.2 Å². The Morgan fingerprint density at radius 1 is 0.500 bits per heavy atom. The molecule has 17 rings (SSSR count). The van der Waals surface area contributed by atoms with Crippen LogP contribution in [0.25, 0.3) is 48.8 Å². The zero-order chi connectivity index (χ0) is 84.1. The lowest BCUT2D eigenvalue weighted by Gasteiger charge is -2.34. The summed E-state index contributed by atoms with van der Waals surface area (Å²) in [5, 5.41) is 77.3. The van der Waals surface area contributed by atoms with Gasteiger partial charge in [-0.15, -0.1) is 0 Å². The fourth-order valence-corrected chi connectivity index (χ4v) is 19.3. The van der Waals surface area contributed by atoms with E-state index in [1.54, 1.807) is 115 Å². The van der Waals surface area contributed by atoms with Crippen LogP contribution in [0.15, 0.2) is 238 Å². The van der Waals surface area contributed by atoms with E-state index in [4.69, 9.17) is 15.6 Å². The van der Waals surface area contributed by atoms with Gasteiger partial charge in [0.25, 0.3) is 45.0 Å². The molecule has 0 saturated heterocycles. The number of anilines is 5. The molecule has 1 aliphatic carbocycles. The predicted octanol–water partition coefficient (Wildman–Crippen LogP) is 10.2. The number of benzene rings is 12. The number of nitro benzene ring substituents is 2. The number of nitrogens with zero attached hydrogens (tertiary/aromatic N) is 2. The topological polar surface area (TPSA) is 521 Å². The molecule has 4 aliphatic heterocycles. The van der Waals surface area contributed by atoms with Crippen LogP contribution in [0.1, 0.15) is 105 Å². The highest BCUT2D eigenvalue weighted by Crippen LogP contribution is 2.43. The maximum Gasteiger partial charge on any atom is 0.335 e. The van der Waals surface area contributed by atoms with Gasteiger partial charge in [0.1, 0.15) is 11.4 Å². The first-order valence-electron chi connectivity index (χ1n) is 35.7. The van der Waals surface area contributed by atoms with Gasteiger partial charge in [-0.2, -0.15) is 0 Å². The summed E-state index contributed by atoms with van der Waals surface area (Å²) in [6.07, 6.45) is 0.461. The number of fused-ring (bicyclic) bond motifs is 1. The Kier molecular flexibility index (Phi) is 22.0. The van der Waals surface area contributed by atoms with Crippen molar-refractivity contribution < 1.29 is 92.7 Å². The monoisotopic (exact) mass is 1670 g/mol. The third kappa shape index (κ3) is 15.9. The number of aliphatic hydroxyl groups is 3. The zero-order valence-electron chi connectivity index (χ0n) is 61.4. The normalized spacial score (nSPS) is 15.4. The van der Waals surface area contributed by atoms with Gasteiger partial charge >= 0.3 is 5.97 Å². The largest absolute Gasteiger partial charge is 0.495 e. The Labute approximate surface area is 670 Å². The van der Waals surface area contributed by atoms with Crippen molar-refractivity contribution in [2.45, 2.75) is 56.7 Å². The van der Waals surface area contributed by atoms with E-state index in [0.717, 1.165) is 0 Å². The highest BCUT2D eigenvalue weighted by Gasteiger charge is 2.38. The number of non-ortho nitro benzene ring substituents is 2. The minimum absolute atomic E-state index is 0.00280. The number of ether oxygens (including phenoxy) is 1. The molecular weight excluding hydrogens is 1610 g/mol. The van der Waals surface area contributed by atoms with Crippen molar-refractivity contribution in [1.29, 1.82) is 0 Å². The molecule has 4 amide bonds. The van der Waals surface area contributed by atoms with Gasteiger partial charge in [-0.05, 0) is 157 Å². The van der Waals surface area contributed by atoms with Crippen molar-refractivity contribution in [3.8, 4) is 0 Å². The number of carbonyl (C=O) groups excluding carboxylic acids is 4. The van der Waals surface area contributed by atoms with E-state index in [1.807, 2.05) is 0 Å². The molecule has 12 aromatic carbocycles. The smallest absolute Gasteiger partial charge is 0.335 e. The van der Waals surface area contributed by atoms with Crippen LogP contribution in [0.2, 0.25) is 0 Å². The number of amides is 4. The van der Waals surface area contributed by atoms with E-state index in [2.05, 4.69) is 40.2 Å². The molecule has 3 atom stereocenters. The summed E-state index contributed by atoms with van der Waals surface area (Å²) in [4.78, 5) is 79.9. The molecule has 0 aromatic heterocycles. The number of aryl methyl sites for hydroxylation is 1. The number of nitrogens with two attached hydrogens (primary N) is 1. The zero-order valence-corrected chi connectivity index (χ0v) is 64.7. The van der Waals surface area contributed by atoms with Crippen molar-refractivity contribution in [2.75, 3.05) is 53.7 Å². The Hall–Kier alpha value is -13.5. The Morgan fingerprint density at radius 2 is 0.864 bits per heavy atom. The predicted molar refractivity (Wildman–Crippen MR) is 436 cm³/mol. The molecule has 14 N–H and O–H groups in total. The quantitative estimate of drug-likeness (QED) is 0.0130. The molecule has 0 saturated carbocycles. The second-order valence-electron chi connectivity index (χ2n) is 27.4. The molecule has 118 heavy (non-hydrogen) atoms. The number of aromatic carboxylic acids is 1. The number of hydrogen-bond acceptors (Lipinski definition) is 22. The maximum absolute atomic E-state index is 13.2. The molecule has 37 heteroatoms. The molecule has 0 fully saturated rings. The lowest BCUT2D eigenvalue weighted by atomic mass is 9.79. The van der Waals surface area contributed by atoms with E-state index >= 15 is 0 Å². The van der Waals surface area contributed by atoms with Gasteiger partial charge in [-0.25, -0.2) is 52.6 Å². The summed E-state index contributed by atoms with van der Waals surface area (Å²) in [5.41, 5.74) is 11.1. The SMILES string of the molecule is CO/C(=C/NS(=O)(=O)c1ccc2c3c(cccc13)C(=O)N2)c1ccc([N+](=O)[O-])cc1.Nc1ccc(C(O)CNS(=O)(=O)c2ccc3c4c(cccc24)C(=O)N3)cc1.O=C(O)c1ccc(C(O)CNS(=O)(=O)c2ccc3c4c(cccc24)C(=O)N3)cc1.O=C1Nc2ccc(S(=O)(=O)NCC3(O)CCCc4cc([N+](=O)[O-])ccc43)c3cccc1c23. The number of aliphatic hydroxyl groups excluding tert-OH is 2. The van der Waals surface area contributed by atoms with Crippen molar-refractivity contribution in [3.63, 3.8) is 0 Å². The molecule has 0 radical (unpaired) electrons. The van der Waals surface area contributed by atoms with Gasteiger partial charge in [0, 0.05) is 143 Å². The lowest BCUT2D eigenvalue weighted by Crippen LogP contribution is -2.43. The minimum atomic E-state index is -4.03. The first-order chi connectivity index (χ1) is 56.1. The minimum Gasteiger partial charge on any atom is -0.495 e. The lowest BCUT2D eigenvalue weighted by molar-refractivity contribution is -0.385. The second-order valence-corrected chi connectivity index (χ2v) is 34.3. The van der Waals surface area contributed by atoms with Crippen LogP contribution < -0.4 is 45.9 Å². The molecule has 0 spiro atoms. The third-order valence-corrected chi connectivity index (χ3v) is 26.0. The van der Waals surface area contributed by atoms with E-state index < -0.39 is 73.7 Å². The number of hydrogen-bond donors (Lipinski definition) is 13. The summed E-state index contributed by atoms with van der Waals surface area (Å²) >= 11 is 0. The molecule has 602 valence electrons. The van der Waals surface area contributed by atoms with Gasteiger partial charge in [0.15, 0.2) is 0 Å². The first kappa shape index (κ1) is 81.1. The van der Waals surface area contributed by atoms with Crippen molar-refractivity contribution in [3.05, 3.63) is 294 Å². The Balaban J connectivity index is 0.000000130. The van der Waals surface area contributed by atoms with Crippen LogP contribution in [0, 0.1) is 20.2 Å². The van der Waals surface area contributed by atoms with Crippen molar-refractivity contribution in [1.82, 2.24) is 18.9 Å². The van der Waals surface area contributed by atoms with Crippen LogP contribution in [-0.4, -0.2) is 120 Å². The fourth-order valence-electron chi connectivity index (χ4n) is 14.5. The number of methoxy groups -OCH3 is 1. The third-order valence-electron chi connectivity index (χ3n) is 20.2. The molecular formula is C81H67N11O22S4. The summed E-state index contributed by atoms with van der Waals surface area (Å²) in [6, 6.07) is 53.4. The van der Waals surface area contributed by atoms with Crippen molar-refractivity contribution >= 4 is 158 Å². The summed E-state index contributed by atoms with van der Waals surface area (Å²) < 4.78 is 119. The van der Waals surface area contributed by atoms with Crippen LogP contribution in [0.3, 0.4) is 0 Å². The molecule has 5 aliphatic rings. The van der Waals surface area contributed by atoms with Crippen LogP contribution >= 0.6 is 0 Å².